The van der Waals surface area contributed by atoms with Gasteiger partial charge in [-0.3, -0.25) is 4.98 Å². The highest BCUT2D eigenvalue weighted by atomic mass is 15.2. The Hall–Kier alpha value is -4.31. The van der Waals surface area contributed by atoms with Gasteiger partial charge in [-0.25, -0.2) is 0 Å². The van der Waals surface area contributed by atoms with Gasteiger partial charge in [-0.2, -0.15) is 0 Å². The van der Waals surface area contributed by atoms with Crippen LogP contribution in [0.3, 0.4) is 0 Å². The van der Waals surface area contributed by atoms with Crippen LogP contribution >= 0.6 is 0 Å². The van der Waals surface area contributed by atoms with Crippen molar-refractivity contribution in [2.24, 2.45) is 0 Å². The molecule has 0 bridgehead atoms. The Morgan fingerprint density at radius 2 is 0.825 bits per heavy atom. The van der Waals surface area contributed by atoms with Crippen molar-refractivity contribution in [1.82, 2.24) is 4.98 Å². The maximum absolute atomic E-state index is 5.17. The summed E-state index contributed by atoms with van der Waals surface area (Å²) in [6.07, 6.45) is 9.08. The van der Waals surface area contributed by atoms with Crippen molar-refractivity contribution in [2.45, 2.75) is 155 Å². The van der Waals surface area contributed by atoms with Crippen molar-refractivity contribution < 1.29 is 0 Å². The molecule has 0 amide bonds. The second-order valence-corrected chi connectivity index (χ2v) is 22.7. The first-order valence-corrected chi connectivity index (χ1v) is 21.7. The molecule has 0 saturated heterocycles. The highest BCUT2D eigenvalue weighted by Gasteiger charge is 2.46. The number of fused-ring (bicyclic) bond motifs is 6. The first-order chi connectivity index (χ1) is 26.5. The zero-order valence-electron chi connectivity index (χ0n) is 37.3. The fraction of sp³-hybridized carbons (Fsp3) is 0.453. The summed E-state index contributed by atoms with van der Waals surface area (Å²) in [4.78, 5) is 10.3. The van der Waals surface area contributed by atoms with Gasteiger partial charge in [-0.1, -0.05) is 133 Å². The number of pyridine rings is 1. The van der Waals surface area contributed by atoms with Gasteiger partial charge in [0.1, 0.15) is 0 Å². The molecule has 57 heavy (non-hydrogen) atoms. The van der Waals surface area contributed by atoms with Crippen LogP contribution in [0.4, 0.5) is 34.1 Å². The molecule has 0 spiro atoms. The monoisotopic (exact) mass is 754 g/mol. The van der Waals surface area contributed by atoms with Crippen LogP contribution in [0.15, 0.2) is 85.2 Å². The molecule has 0 radical (unpaired) electrons. The second kappa shape index (κ2) is 12.1. The lowest BCUT2D eigenvalue weighted by molar-refractivity contribution is 0.332. The molecule has 3 nitrogen and oxygen atoms in total. The molecule has 0 atom stereocenters. The molecule has 0 fully saturated rings. The third kappa shape index (κ3) is 5.85. The average molecular weight is 754 g/mol. The van der Waals surface area contributed by atoms with Crippen LogP contribution in [0.5, 0.6) is 0 Å². The largest absolute Gasteiger partial charge is 0.310 e. The Morgan fingerprint density at radius 3 is 1.19 bits per heavy atom. The minimum absolute atomic E-state index is 0.000610. The molecule has 4 aromatic carbocycles. The highest BCUT2D eigenvalue weighted by molar-refractivity contribution is 7.00. The fourth-order valence-corrected chi connectivity index (χ4v) is 10.7. The van der Waals surface area contributed by atoms with E-state index >= 15 is 0 Å². The number of hydrogen-bond donors (Lipinski definition) is 0. The molecular weight excluding hydrogens is 689 g/mol. The van der Waals surface area contributed by atoms with E-state index < -0.39 is 0 Å². The molecule has 294 valence electrons. The smallest absolute Gasteiger partial charge is 0.252 e. The third-order valence-electron chi connectivity index (χ3n) is 14.8. The van der Waals surface area contributed by atoms with Gasteiger partial charge in [0.15, 0.2) is 0 Å². The number of nitrogens with zero attached hydrogens (tertiary/aromatic N) is 3. The summed E-state index contributed by atoms with van der Waals surface area (Å²) in [5, 5.41) is 0. The molecule has 3 heterocycles. The van der Waals surface area contributed by atoms with Crippen molar-refractivity contribution in [2.75, 3.05) is 9.80 Å². The highest BCUT2D eigenvalue weighted by Crippen LogP contribution is 2.52. The summed E-state index contributed by atoms with van der Waals surface area (Å²) in [6.45, 7) is 33.5. The predicted molar refractivity (Wildman–Crippen MR) is 246 cm³/mol. The zero-order valence-corrected chi connectivity index (χ0v) is 37.3. The lowest BCUT2D eigenvalue weighted by atomic mass is 9.33. The van der Waals surface area contributed by atoms with Crippen molar-refractivity contribution in [3.05, 3.63) is 119 Å². The summed E-state index contributed by atoms with van der Waals surface area (Å²) in [6, 6.07) is 29.4. The number of hydrogen-bond acceptors (Lipinski definition) is 3. The van der Waals surface area contributed by atoms with E-state index in [2.05, 4.69) is 192 Å². The van der Waals surface area contributed by atoms with Crippen LogP contribution in [0.2, 0.25) is 0 Å². The Morgan fingerprint density at radius 1 is 0.456 bits per heavy atom. The number of benzene rings is 4. The molecule has 0 unspecified atom stereocenters. The van der Waals surface area contributed by atoms with Gasteiger partial charge >= 0.3 is 0 Å². The average Bonchev–Trinajstić information content (AvgIpc) is 3.14. The predicted octanol–water partition coefficient (Wildman–Crippen LogP) is 12.5. The summed E-state index contributed by atoms with van der Waals surface area (Å²) in [5.41, 5.74) is 20.5. The standard InChI is InChI=1S/C53H64BN3/c1-48(2,3)33-15-21-41-43(27-33)56(35-17-19-37-39(29-35)52(11,12)25-23-50(37,7)8)45-31-55-32-46-47(45)54(41)42-22-16-34(49(4,5)6)28-44(42)57(46)36-18-20-38-40(30-36)53(13,14)26-24-51(38,9)10/h15-22,27-32H,23-26H2,1-14H3. The quantitative estimate of drug-likeness (QED) is 0.164. The van der Waals surface area contributed by atoms with Gasteiger partial charge in [-0.05, 0) is 144 Å². The molecule has 2 aliphatic heterocycles. The molecular formula is C53H64BN3. The lowest BCUT2D eigenvalue weighted by Gasteiger charge is -2.46. The SMILES string of the molecule is CC(C)(C)c1ccc2c(c1)N(c1ccc3c(c1)C(C)(C)CCC3(C)C)c1cncc3c1B2c1ccc(C(C)(C)C)cc1N3c1ccc2c(c1)C(C)(C)CCC2(C)C. The van der Waals surface area contributed by atoms with Gasteiger partial charge in [0.2, 0.25) is 0 Å². The van der Waals surface area contributed by atoms with Crippen molar-refractivity contribution in [3.8, 4) is 0 Å². The van der Waals surface area contributed by atoms with E-state index in [1.807, 2.05) is 0 Å². The molecule has 0 saturated carbocycles. The van der Waals surface area contributed by atoms with Crippen LogP contribution < -0.4 is 26.2 Å². The molecule has 5 aromatic rings. The van der Waals surface area contributed by atoms with Crippen molar-refractivity contribution in [3.63, 3.8) is 0 Å². The lowest BCUT2D eigenvalue weighted by Crippen LogP contribution is -2.61. The molecule has 0 N–H and O–H groups in total. The van der Waals surface area contributed by atoms with Gasteiger partial charge in [-0.15, -0.1) is 0 Å². The van der Waals surface area contributed by atoms with Crippen molar-refractivity contribution >= 4 is 57.2 Å². The molecule has 4 aliphatic rings. The van der Waals surface area contributed by atoms with Gasteiger partial charge in [0.25, 0.3) is 6.71 Å². The topological polar surface area (TPSA) is 19.4 Å². The molecule has 9 rings (SSSR count). The first-order valence-electron chi connectivity index (χ1n) is 21.7. The van der Waals surface area contributed by atoms with Crippen LogP contribution in [0.25, 0.3) is 0 Å². The third-order valence-corrected chi connectivity index (χ3v) is 14.8. The van der Waals surface area contributed by atoms with Crippen molar-refractivity contribution in [1.29, 1.82) is 0 Å². The first kappa shape index (κ1) is 38.2. The van der Waals surface area contributed by atoms with E-state index in [1.165, 1.54) is 110 Å². The van der Waals surface area contributed by atoms with E-state index in [-0.39, 0.29) is 39.2 Å². The Bertz CT molecular complexity index is 2300. The minimum Gasteiger partial charge on any atom is -0.310 e. The maximum atomic E-state index is 5.17. The Balaban J connectivity index is 1.34. The Labute approximate surface area is 344 Å². The van der Waals surface area contributed by atoms with E-state index in [4.69, 9.17) is 4.98 Å². The fourth-order valence-electron chi connectivity index (χ4n) is 10.7. The zero-order chi connectivity index (χ0) is 40.8. The maximum Gasteiger partial charge on any atom is 0.252 e. The number of aromatic nitrogens is 1. The van der Waals surface area contributed by atoms with Crippen LogP contribution in [-0.4, -0.2) is 11.7 Å². The van der Waals surface area contributed by atoms with Gasteiger partial charge in [0, 0.05) is 22.7 Å². The number of anilines is 6. The van der Waals surface area contributed by atoms with Crippen LogP contribution in [0.1, 0.15) is 156 Å². The molecule has 1 aromatic heterocycles. The van der Waals surface area contributed by atoms with E-state index in [9.17, 15) is 0 Å². The normalized spacial score (nSPS) is 19.6. The van der Waals surface area contributed by atoms with Crippen LogP contribution in [0, 0.1) is 0 Å². The molecule has 4 heteroatoms. The summed E-state index contributed by atoms with van der Waals surface area (Å²) >= 11 is 0. The summed E-state index contributed by atoms with van der Waals surface area (Å²) in [5.74, 6) is 0. The Kier molecular flexibility index (Phi) is 8.13. The minimum atomic E-state index is 0.000610. The van der Waals surface area contributed by atoms with E-state index in [0.717, 1.165) is 0 Å². The summed E-state index contributed by atoms with van der Waals surface area (Å²) in [7, 11) is 0. The molecule has 2 aliphatic carbocycles. The van der Waals surface area contributed by atoms with Gasteiger partial charge in [0.05, 0.1) is 23.8 Å². The van der Waals surface area contributed by atoms with E-state index in [0.29, 0.717) is 0 Å². The van der Waals surface area contributed by atoms with Crippen LogP contribution in [-0.2, 0) is 32.5 Å². The van der Waals surface area contributed by atoms with Gasteiger partial charge < -0.3 is 9.80 Å². The second-order valence-electron chi connectivity index (χ2n) is 22.7. The summed E-state index contributed by atoms with van der Waals surface area (Å²) < 4.78 is 0. The van der Waals surface area contributed by atoms with E-state index in [1.54, 1.807) is 0 Å². The number of rotatable bonds is 2.